The van der Waals surface area contributed by atoms with Gasteiger partial charge in [0.25, 0.3) is 0 Å². The fourth-order valence-corrected chi connectivity index (χ4v) is 2.03. The molecule has 0 unspecified atom stereocenters. The highest BCUT2D eigenvalue weighted by molar-refractivity contribution is 6.31. The summed E-state index contributed by atoms with van der Waals surface area (Å²) in [7, 11) is 1.61. The maximum absolute atomic E-state index is 13.7. The van der Waals surface area contributed by atoms with Crippen molar-refractivity contribution in [3.8, 4) is 0 Å². The second kappa shape index (κ2) is 8.19. The summed E-state index contributed by atoms with van der Waals surface area (Å²) in [4.78, 5) is 15.3. The van der Waals surface area contributed by atoms with Gasteiger partial charge < -0.3 is 10.0 Å². The maximum Gasteiger partial charge on any atom is 0.236 e. The van der Waals surface area contributed by atoms with Gasteiger partial charge in [-0.1, -0.05) is 24.6 Å². The number of nitrogens with zero attached hydrogens (tertiary/aromatic N) is 2. The number of carbonyl (C=O) groups excluding carboxylic acids is 1. The van der Waals surface area contributed by atoms with Gasteiger partial charge in [0, 0.05) is 30.7 Å². The fraction of sp³-hybridized carbons (Fsp3) is 0.500. The average molecular weight is 303 g/mol. The molecule has 0 atom stereocenters. The zero-order valence-electron chi connectivity index (χ0n) is 11.8. The van der Waals surface area contributed by atoms with E-state index in [0.717, 1.165) is 0 Å². The van der Waals surface area contributed by atoms with Gasteiger partial charge in [0.05, 0.1) is 13.2 Å². The van der Waals surface area contributed by atoms with Crippen LogP contribution in [-0.2, 0) is 11.3 Å². The standard InChI is InChI=1S/C14H20ClFN2O2/c1-3-18(7-8-19)10-14(20)17(2)9-11-12(15)5-4-6-13(11)16/h4-6,19H,3,7-10H2,1-2H3. The monoisotopic (exact) mass is 302 g/mol. The van der Waals surface area contributed by atoms with E-state index in [1.165, 1.54) is 17.0 Å². The second-order valence-electron chi connectivity index (χ2n) is 4.54. The molecular weight excluding hydrogens is 283 g/mol. The third kappa shape index (κ3) is 4.74. The minimum atomic E-state index is -0.417. The molecule has 0 fully saturated rings. The van der Waals surface area contributed by atoms with Crippen molar-refractivity contribution in [3.63, 3.8) is 0 Å². The number of rotatable bonds is 7. The summed E-state index contributed by atoms with van der Waals surface area (Å²) in [5, 5.41) is 9.21. The lowest BCUT2D eigenvalue weighted by Crippen LogP contribution is -2.39. The number of likely N-dealkylation sites (N-methyl/N-ethyl adjacent to an activating group) is 2. The number of aliphatic hydroxyl groups is 1. The number of benzene rings is 1. The van der Waals surface area contributed by atoms with Crippen LogP contribution in [0, 0.1) is 5.82 Å². The van der Waals surface area contributed by atoms with Gasteiger partial charge in [-0.25, -0.2) is 4.39 Å². The molecule has 4 nitrogen and oxygen atoms in total. The third-order valence-electron chi connectivity index (χ3n) is 3.11. The summed E-state index contributed by atoms with van der Waals surface area (Å²) in [6.45, 7) is 3.35. The van der Waals surface area contributed by atoms with Crippen molar-refractivity contribution < 1.29 is 14.3 Å². The molecule has 0 aliphatic heterocycles. The number of amides is 1. The fourth-order valence-electron chi connectivity index (χ4n) is 1.81. The van der Waals surface area contributed by atoms with Gasteiger partial charge in [0.15, 0.2) is 0 Å². The second-order valence-corrected chi connectivity index (χ2v) is 4.95. The van der Waals surface area contributed by atoms with Crippen LogP contribution in [0.4, 0.5) is 4.39 Å². The van der Waals surface area contributed by atoms with E-state index in [9.17, 15) is 9.18 Å². The highest BCUT2D eigenvalue weighted by Gasteiger charge is 2.16. The molecule has 6 heteroatoms. The summed E-state index contributed by atoms with van der Waals surface area (Å²) in [5.41, 5.74) is 0.315. The van der Waals surface area contributed by atoms with E-state index in [4.69, 9.17) is 16.7 Å². The van der Waals surface area contributed by atoms with Crippen LogP contribution in [0.25, 0.3) is 0 Å². The van der Waals surface area contributed by atoms with Crippen LogP contribution in [-0.4, -0.2) is 54.1 Å². The normalized spacial score (nSPS) is 10.9. The Morgan fingerprint density at radius 2 is 2.15 bits per heavy atom. The zero-order chi connectivity index (χ0) is 15.1. The first-order chi connectivity index (χ1) is 9.49. The van der Waals surface area contributed by atoms with E-state index in [2.05, 4.69) is 0 Å². The van der Waals surface area contributed by atoms with Crippen LogP contribution in [0.5, 0.6) is 0 Å². The molecule has 0 spiro atoms. The summed E-state index contributed by atoms with van der Waals surface area (Å²) < 4.78 is 13.7. The summed E-state index contributed by atoms with van der Waals surface area (Å²) >= 11 is 5.94. The molecule has 0 radical (unpaired) electrons. The Labute approximate surface area is 123 Å². The first kappa shape index (κ1) is 16.9. The molecule has 0 aromatic heterocycles. The molecule has 0 bridgehead atoms. The lowest BCUT2D eigenvalue weighted by Gasteiger charge is -2.23. The van der Waals surface area contributed by atoms with Crippen LogP contribution in [0.15, 0.2) is 18.2 Å². The predicted octanol–water partition coefficient (Wildman–Crippen LogP) is 1.75. The van der Waals surface area contributed by atoms with Crippen molar-refractivity contribution in [2.24, 2.45) is 0 Å². The SMILES string of the molecule is CCN(CCO)CC(=O)N(C)Cc1c(F)cccc1Cl. The van der Waals surface area contributed by atoms with Gasteiger partial charge in [0.1, 0.15) is 5.82 Å². The maximum atomic E-state index is 13.7. The number of carbonyl (C=O) groups is 1. The van der Waals surface area contributed by atoms with Crippen molar-refractivity contribution in [1.29, 1.82) is 0 Å². The molecule has 1 amide bonds. The highest BCUT2D eigenvalue weighted by atomic mass is 35.5. The first-order valence-corrected chi connectivity index (χ1v) is 6.87. The van der Waals surface area contributed by atoms with Crippen LogP contribution in [0.1, 0.15) is 12.5 Å². The van der Waals surface area contributed by atoms with E-state index in [1.807, 2.05) is 11.8 Å². The van der Waals surface area contributed by atoms with Gasteiger partial charge in [-0.05, 0) is 18.7 Å². The lowest BCUT2D eigenvalue weighted by atomic mass is 10.2. The minimum absolute atomic E-state index is 0.00394. The molecule has 0 aliphatic carbocycles. The number of hydrogen-bond donors (Lipinski definition) is 1. The smallest absolute Gasteiger partial charge is 0.236 e. The van der Waals surface area contributed by atoms with Crippen molar-refractivity contribution in [2.75, 3.05) is 33.3 Å². The van der Waals surface area contributed by atoms with Gasteiger partial charge in [-0.15, -0.1) is 0 Å². The Kier molecular flexibility index (Phi) is 6.91. The molecule has 20 heavy (non-hydrogen) atoms. The molecule has 0 saturated carbocycles. The molecule has 0 saturated heterocycles. The van der Waals surface area contributed by atoms with E-state index < -0.39 is 5.82 Å². The van der Waals surface area contributed by atoms with E-state index in [-0.39, 0.29) is 25.6 Å². The molecule has 0 aliphatic rings. The molecule has 0 heterocycles. The number of aliphatic hydroxyl groups excluding tert-OH is 1. The summed E-state index contributed by atoms with van der Waals surface area (Å²) in [6, 6.07) is 4.45. The van der Waals surface area contributed by atoms with Crippen LogP contribution in [0.2, 0.25) is 5.02 Å². The molecular formula is C14H20ClFN2O2. The Morgan fingerprint density at radius 1 is 1.45 bits per heavy atom. The largest absolute Gasteiger partial charge is 0.395 e. The summed E-state index contributed by atoms with van der Waals surface area (Å²) in [5.74, 6) is -0.556. The van der Waals surface area contributed by atoms with Crippen molar-refractivity contribution in [2.45, 2.75) is 13.5 Å². The van der Waals surface area contributed by atoms with Gasteiger partial charge in [0.2, 0.25) is 5.91 Å². The lowest BCUT2D eigenvalue weighted by molar-refractivity contribution is -0.131. The highest BCUT2D eigenvalue weighted by Crippen LogP contribution is 2.20. The molecule has 1 rings (SSSR count). The average Bonchev–Trinajstić information content (AvgIpc) is 2.42. The van der Waals surface area contributed by atoms with E-state index >= 15 is 0 Å². The Bertz CT molecular complexity index is 437. The van der Waals surface area contributed by atoms with E-state index in [1.54, 1.807) is 13.1 Å². The van der Waals surface area contributed by atoms with Crippen molar-refractivity contribution in [3.05, 3.63) is 34.6 Å². The van der Waals surface area contributed by atoms with Gasteiger partial charge in [-0.2, -0.15) is 0 Å². The minimum Gasteiger partial charge on any atom is -0.395 e. The number of halogens is 2. The Morgan fingerprint density at radius 3 is 2.70 bits per heavy atom. The van der Waals surface area contributed by atoms with Crippen LogP contribution >= 0.6 is 11.6 Å². The first-order valence-electron chi connectivity index (χ1n) is 6.49. The number of hydrogen-bond acceptors (Lipinski definition) is 3. The zero-order valence-corrected chi connectivity index (χ0v) is 12.5. The summed E-state index contributed by atoms with van der Waals surface area (Å²) in [6.07, 6.45) is 0. The molecule has 1 aromatic rings. The van der Waals surface area contributed by atoms with Crippen LogP contribution < -0.4 is 0 Å². The van der Waals surface area contributed by atoms with Crippen LogP contribution in [0.3, 0.4) is 0 Å². The molecule has 112 valence electrons. The van der Waals surface area contributed by atoms with Gasteiger partial charge >= 0.3 is 0 Å². The Hall–Kier alpha value is -1.17. The quantitative estimate of drug-likeness (QED) is 0.834. The van der Waals surface area contributed by atoms with E-state index in [0.29, 0.717) is 23.7 Å². The van der Waals surface area contributed by atoms with Gasteiger partial charge in [-0.3, -0.25) is 9.69 Å². The molecule has 1 N–H and O–H groups in total. The predicted molar refractivity (Wildman–Crippen MR) is 77.1 cm³/mol. The van der Waals surface area contributed by atoms with Crippen molar-refractivity contribution >= 4 is 17.5 Å². The topological polar surface area (TPSA) is 43.8 Å². The molecule has 1 aromatic carbocycles. The third-order valence-corrected chi connectivity index (χ3v) is 3.46. The van der Waals surface area contributed by atoms with Crippen molar-refractivity contribution in [1.82, 2.24) is 9.80 Å². The Balaban J connectivity index is 2.66.